The molecule has 0 fully saturated rings. The molecule has 3 aromatic rings. The Labute approximate surface area is 109 Å². The molecular weight excluding hydrogens is 240 g/mol. The van der Waals surface area contributed by atoms with Crippen molar-refractivity contribution in [2.75, 3.05) is 0 Å². The molecule has 3 heteroatoms. The van der Waals surface area contributed by atoms with Crippen LogP contribution in [0.15, 0.2) is 57.7 Å². The summed E-state index contributed by atoms with van der Waals surface area (Å²) < 4.78 is 5.32. The second-order valence-electron chi connectivity index (χ2n) is 4.44. The lowest BCUT2D eigenvalue weighted by Gasteiger charge is -2.08. The van der Waals surface area contributed by atoms with Crippen LogP contribution in [0, 0.1) is 6.92 Å². The number of hydrogen-bond acceptors (Lipinski definition) is 3. The molecule has 0 aliphatic carbocycles. The van der Waals surface area contributed by atoms with Crippen LogP contribution in [-0.2, 0) is 0 Å². The molecule has 0 saturated heterocycles. The molecule has 0 radical (unpaired) electrons. The van der Waals surface area contributed by atoms with Gasteiger partial charge in [0, 0.05) is 5.39 Å². The Hall–Kier alpha value is -2.55. The molecule has 0 unspecified atom stereocenters. The molecule has 0 aliphatic rings. The number of rotatable bonds is 1. The van der Waals surface area contributed by atoms with Crippen molar-refractivity contribution in [2.45, 2.75) is 6.92 Å². The van der Waals surface area contributed by atoms with E-state index in [2.05, 4.69) is 0 Å². The minimum Gasteiger partial charge on any atom is -0.508 e. The summed E-state index contributed by atoms with van der Waals surface area (Å²) in [6, 6.07) is 14.1. The fourth-order valence-electron chi connectivity index (χ4n) is 2.28. The molecule has 1 heterocycles. The maximum Gasteiger partial charge on any atom is 0.344 e. The van der Waals surface area contributed by atoms with Crippen molar-refractivity contribution in [1.82, 2.24) is 0 Å². The third kappa shape index (κ3) is 1.89. The topological polar surface area (TPSA) is 50.4 Å². The highest BCUT2D eigenvalue weighted by Crippen LogP contribution is 2.28. The Balaban J connectivity index is 2.40. The molecule has 0 aliphatic heterocycles. The van der Waals surface area contributed by atoms with Gasteiger partial charge in [-0.3, -0.25) is 0 Å². The molecule has 2 aromatic carbocycles. The van der Waals surface area contributed by atoms with Crippen LogP contribution in [0.4, 0.5) is 0 Å². The van der Waals surface area contributed by atoms with E-state index in [1.807, 2.05) is 37.3 Å². The summed E-state index contributed by atoms with van der Waals surface area (Å²) in [5.41, 5.74) is 2.30. The zero-order chi connectivity index (χ0) is 13.4. The molecule has 3 nitrogen and oxygen atoms in total. The summed E-state index contributed by atoms with van der Waals surface area (Å²) in [5, 5.41) is 10.3. The van der Waals surface area contributed by atoms with Gasteiger partial charge < -0.3 is 9.52 Å². The minimum atomic E-state index is -0.359. The number of phenols is 1. The number of fused-ring (bicyclic) bond motifs is 1. The molecule has 3 rings (SSSR count). The first-order chi connectivity index (χ1) is 9.16. The van der Waals surface area contributed by atoms with Crippen LogP contribution < -0.4 is 5.63 Å². The average Bonchev–Trinajstić information content (AvgIpc) is 2.41. The molecule has 0 bridgehead atoms. The average molecular weight is 252 g/mol. The van der Waals surface area contributed by atoms with E-state index in [1.165, 1.54) is 6.07 Å². The lowest BCUT2D eigenvalue weighted by Crippen LogP contribution is -2.05. The van der Waals surface area contributed by atoms with E-state index in [4.69, 9.17) is 4.42 Å². The van der Waals surface area contributed by atoms with Crippen molar-refractivity contribution in [1.29, 1.82) is 0 Å². The van der Waals surface area contributed by atoms with Crippen molar-refractivity contribution < 1.29 is 9.52 Å². The predicted octanol–water partition coefficient (Wildman–Crippen LogP) is 3.47. The quantitative estimate of drug-likeness (QED) is 0.674. The summed E-state index contributed by atoms with van der Waals surface area (Å²) in [4.78, 5) is 12.1. The second-order valence-corrected chi connectivity index (χ2v) is 4.44. The van der Waals surface area contributed by atoms with Gasteiger partial charge in [0.05, 0.1) is 5.56 Å². The second kappa shape index (κ2) is 4.28. The molecular formula is C16H12O3. The van der Waals surface area contributed by atoms with E-state index in [-0.39, 0.29) is 11.4 Å². The van der Waals surface area contributed by atoms with Crippen LogP contribution in [0.5, 0.6) is 5.75 Å². The molecule has 1 aromatic heterocycles. The summed E-state index contributed by atoms with van der Waals surface area (Å²) in [7, 11) is 0. The molecule has 0 saturated carbocycles. The predicted molar refractivity (Wildman–Crippen MR) is 74.3 cm³/mol. The van der Waals surface area contributed by atoms with Gasteiger partial charge in [-0.15, -0.1) is 0 Å². The smallest absolute Gasteiger partial charge is 0.344 e. The number of aryl methyl sites for hydroxylation is 1. The highest BCUT2D eigenvalue weighted by atomic mass is 16.4. The third-order valence-electron chi connectivity index (χ3n) is 3.21. The van der Waals surface area contributed by atoms with Crippen LogP contribution in [-0.4, -0.2) is 5.11 Å². The van der Waals surface area contributed by atoms with Crippen molar-refractivity contribution in [3.63, 3.8) is 0 Å². The zero-order valence-corrected chi connectivity index (χ0v) is 10.4. The highest BCUT2D eigenvalue weighted by molar-refractivity contribution is 5.87. The summed E-state index contributed by atoms with van der Waals surface area (Å²) in [5.74, 6) is 0.156. The van der Waals surface area contributed by atoms with Crippen LogP contribution in [0.1, 0.15) is 5.56 Å². The number of phenolic OH excluding ortho intramolecular Hbond substituents is 1. The molecule has 19 heavy (non-hydrogen) atoms. The highest BCUT2D eigenvalue weighted by Gasteiger charge is 2.13. The third-order valence-corrected chi connectivity index (χ3v) is 3.21. The van der Waals surface area contributed by atoms with E-state index in [0.29, 0.717) is 11.1 Å². The van der Waals surface area contributed by atoms with E-state index in [1.54, 1.807) is 12.1 Å². The largest absolute Gasteiger partial charge is 0.508 e. The minimum absolute atomic E-state index is 0.156. The fourth-order valence-corrected chi connectivity index (χ4v) is 2.28. The number of benzene rings is 2. The molecule has 1 N–H and O–H groups in total. The van der Waals surface area contributed by atoms with Crippen LogP contribution in [0.25, 0.3) is 22.1 Å². The van der Waals surface area contributed by atoms with Gasteiger partial charge in [0.15, 0.2) is 0 Å². The lowest BCUT2D eigenvalue weighted by atomic mass is 10.00. The summed E-state index contributed by atoms with van der Waals surface area (Å²) >= 11 is 0. The van der Waals surface area contributed by atoms with Gasteiger partial charge in [-0.1, -0.05) is 30.3 Å². The lowest BCUT2D eigenvalue weighted by molar-refractivity contribution is 0.475. The Morgan fingerprint density at radius 3 is 2.53 bits per heavy atom. The Kier molecular flexibility index (Phi) is 2.60. The maximum atomic E-state index is 12.1. The standard InChI is InChI=1S/C16H12O3/c1-10-13-9-12(17)7-8-14(13)19-16(18)15(10)11-5-3-2-4-6-11/h2-9,17H,1H3. The summed E-state index contributed by atoms with van der Waals surface area (Å²) in [6.45, 7) is 1.86. The summed E-state index contributed by atoms with van der Waals surface area (Å²) in [6.07, 6.45) is 0. The van der Waals surface area contributed by atoms with Crippen molar-refractivity contribution in [3.8, 4) is 16.9 Å². The van der Waals surface area contributed by atoms with Crippen molar-refractivity contribution in [2.24, 2.45) is 0 Å². The van der Waals surface area contributed by atoms with E-state index in [0.717, 1.165) is 16.5 Å². The SMILES string of the molecule is Cc1c(-c2ccccc2)c(=O)oc2ccc(O)cc12. The van der Waals surface area contributed by atoms with Gasteiger partial charge in [-0.25, -0.2) is 4.79 Å². The van der Waals surface area contributed by atoms with Gasteiger partial charge in [0.1, 0.15) is 11.3 Å². The van der Waals surface area contributed by atoms with E-state index in [9.17, 15) is 9.90 Å². The molecule has 0 amide bonds. The first-order valence-electron chi connectivity index (χ1n) is 5.98. The van der Waals surface area contributed by atoms with Crippen LogP contribution in [0.2, 0.25) is 0 Å². The van der Waals surface area contributed by atoms with Gasteiger partial charge >= 0.3 is 5.63 Å². The van der Waals surface area contributed by atoms with Gasteiger partial charge in [0.2, 0.25) is 0 Å². The fraction of sp³-hybridized carbons (Fsp3) is 0.0625. The van der Waals surface area contributed by atoms with Crippen molar-refractivity contribution in [3.05, 3.63) is 64.5 Å². The van der Waals surface area contributed by atoms with Gasteiger partial charge in [-0.2, -0.15) is 0 Å². The molecule has 0 spiro atoms. The Morgan fingerprint density at radius 2 is 1.79 bits per heavy atom. The maximum absolute atomic E-state index is 12.1. The van der Waals surface area contributed by atoms with Gasteiger partial charge in [-0.05, 0) is 36.2 Å². The molecule has 0 atom stereocenters. The number of hydrogen-bond donors (Lipinski definition) is 1. The first kappa shape index (κ1) is 11.5. The monoisotopic (exact) mass is 252 g/mol. The zero-order valence-electron chi connectivity index (χ0n) is 10.4. The Morgan fingerprint density at radius 1 is 1.05 bits per heavy atom. The first-order valence-corrected chi connectivity index (χ1v) is 5.98. The number of aromatic hydroxyl groups is 1. The molecule has 94 valence electrons. The van der Waals surface area contributed by atoms with E-state index >= 15 is 0 Å². The van der Waals surface area contributed by atoms with Crippen LogP contribution in [0.3, 0.4) is 0 Å². The van der Waals surface area contributed by atoms with Crippen molar-refractivity contribution >= 4 is 11.0 Å². The Bertz CT molecular complexity index is 801. The normalized spacial score (nSPS) is 10.8. The van der Waals surface area contributed by atoms with Crippen LogP contribution >= 0.6 is 0 Å². The van der Waals surface area contributed by atoms with Gasteiger partial charge in [0.25, 0.3) is 0 Å². The van der Waals surface area contributed by atoms with E-state index < -0.39 is 0 Å².